The molecule has 0 radical (unpaired) electrons. The van der Waals surface area contributed by atoms with E-state index in [0.29, 0.717) is 0 Å². The van der Waals surface area contributed by atoms with Gasteiger partial charge in [0.2, 0.25) is 0 Å². The molecule has 1 unspecified atom stereocenters. The van der Waals surface area contributed by atoms with Gasteiger partial charge in [-0.05, 0) is 41.5 Å². The van der Waals surface area contributed by atoms with Crippen molar-refractivity contribution in [2.24, 2.45) is 5.73 Å². The predicted octanol–water partition coefficient (Wildman–Crippen LogP) is 4.32. The molecule has 0 bridgehead atoms. The minimum atomic E-state index is -0.186. The smallest absolute Gasteiger partial charge is 0.127 e. The summed E-state index contributed by atoms with van der Waals surface area (Å²) in [5.41, 5.74) is 10.0. The van der Waals surface area contributed by atoms with Crippen LogP contribution in [0.15, 0.2) is 41.0 Å². The third-order valence-corrected chi connectivity index (χ3v) is 4.12. The van der Waals surface area contributed by atoms with Crippen LogP contribution in [0, 0.1) is 6.92 Å². The van der Waals surface area contributed by atoms with Crippen LogP contribution in [-0.2, 0) is 5.41 Å². The highest BCUT2D eigenvalue weighted by molar-refractivity contribution is 5.34. The molecule has 0 aliphatic heterocycles. The summed E-state index contributed by atoms with van der Waals surface area (Å²) in [5.74, 6) is 0.850. The average molecular weight is 257 g/mol. The van der Waals surface area contributed by atoms with Crippen molar-refractivity contribution in [2.75, 3.05) is 0 Å². The van der Waals surface area contributed by atoms with Crippen molar-refractivity contribution in [1.82, 2.24) is 0 Å². The largest absolute Gasteiger partial charge is 0.467 e. The molecular weight excluding hydrogens is 234 g/mol. The van der Waals surface area contributed by atoms with Crippen LogP contribution in [0.3, 0.4) is 0 Å². The molecule has 1 aromatic heterocycles. The molecule has 2 nitrogen and oxygen atoms in total. The molecule has 2 N–H and O–H groups in total. The molecule has 1 aromatic carbocycles. The van der Waals surface area contributed by atoms with Crippen molar-refractivity contribution in [1.29, 1.82) is 0 Å². The molecule has 0 saturated carbocycles. The SMILES string of the molecule is CCC(C)(C)c1ccc(C(N)c2occc2C)cc1. The van der Waals surface area contributed by atoms with Crippen LogP contribution < -0.4 is 5.73 Å². The maximum Gasteiger partial charge on any atom is 0.127 e. The lowest BCUT2D eigenvalue weighted by Crippen LogP contribution is -2.16. The summed E-state index contributed by atoms with van der Waals surface area (Å²) in [6, 6.07) is 10.3. The molecule has 2 heteroatoms. The van der Waals surface area contributed by atoms with Crippen LogP contribution in [0.2, 0.25) is 0 Å². The summed E-state index contributed by atoms with van der Waals surface area (Å²) in [6.45, 7) is 8.76. The van der Waals surface area contributed by atoms with Gasteiger partial charge in [-0.1, -0.05) is 45.0 Å². The Balaban J connectivity index is 2.26. The number of hydrogen-bond acceptors (Lipinski definition) is 2. The fourth-order valence-electron chi connectivity index (χ4n) is 2.20. The number of hydrogen-bond donors (Lipinski definition) is 1. The fraction of sp³-hybridized carbons (Fsp3) is 0.412. The quantitative estimate of drug-likeness (QED) is 0.885. The lowest BCUT2D eigenvalue weighted by Gasteiger charge is -2.24. The van der Waals surface area contributed by atoms with Gasteiger partial charge in [-0.3, -0.25) is 0 Å². The van der Waals surface area contributed by atoms with E-state index >= 15 is 0 Å². The van der Waals surface area contributed by atoms with E-state index in [4.69, 9.17) is 10.2 Å². The van der Waals surface area contributed by atoms with Gasteiger partial charge in [0.25, 0.3) is 0 Å². The Labute approximate surface area is 115 Å². The van der Waals surface area contributed by atoms with Crippen molar-refractivity contribution >= 4 is 0 Å². The van der Waals surface area contributed by atoms with Gasteiger partial charge >= 0.3 is 0 Å². The summed E-state index contributed by atoms with van der Waals surface area (Å²) in [6.07, 6.45) is 2.81. The van der Waals surface area contributed by atoms with Crippen molar-refractivity contribution in [2.45, 2.75) is 45.6 Å². The minimum absolute atomic E-state index is 0.186. The van der Waals surface area contributed by atoms with Gasteiger partial charge in [0.05, 0.1) is 12.3 Å². The van der Waals surface area contributed by atoms with Crippen LogP contribution >= 0.6 is 0 Å². The van der Waals surface area contributed by atoms with E-state index in [2.05, 4.69) is 45.0 Å². The van der Waals surface area contributed by atoms with Crippen LogP contribution in [0.5, 0.6) is 0 Å². The second kappa shape index (κ2) is 5.22. The molecule has 19 heavy (non-hydrogen) atoms. The Bertz CT molecular complexity index is 537. The Morgan fingerprint density at radius 1 is 1.16 bits per heavy atom. The van der Waals surface area contributed by atoms with E-state index in [1.54, 1.807) is 6.26 Å². The number of nitrogens with two attached hydrogens (primary N) is 1. The average Bonchev–Trinajstić information content (AvgIpc) is 2.84. The molecule has 0 fully saturated rings. The van der Waals surface area contributed by atoms with Crippen LogP contribution in [0.25, 0.3) is 0 Å². The van der Waals surface area contributed by atoms with E-state index in [0.717, 1.165) is 23.3 Å². The first kappa shape index (κ1) is 13.9. The minimum Gasteiger partial charge on any atom is -0.467 e. The summed E-state index contributed by atoms with van der Waals surface area (Å²) in [7, 11) is 0. The third-order valence-electron chi connectivity index (χ3n) is 4.12. The Hall–Kier alpha value is -1.54. The third kappa shape index (κ3) is 2.74. The predicted molar refractivity (Wildman–Crippen MR) is 79.2 cm³/mol. The maximum absolute atomic E-state index is 6.26. The van der Waals surface area contributed by atoms with Crippen LogP contribution in [0.1, 0.15) is 55.7 Å². The molecule has 2 aromatic rings. The van der Waals surface area contributed by atoms with Crippen molar-refractivity contribution in [3.8, 4) is 0 Å². The van der Waals surface area contributed by atoms with Gasteiger partial charge in [-0.25, -0.2) is 0 Å². The van der Waals surface area contributed by atoms with Gasteiger partial charge < -0.3 is 10.2 Å². The topological polar surface area (TPSA) is 39.2 Å². The number of benzene rings is 1. The second-order valence-corrected chi connectivity index (χ2v) is 5.80. The zero-order valence-corrected chi connectivity index (χ0v) is 12.2. The van der Waals surface area contributed by atoms with E-state index < -0.39 is 0 Å². The van der Waals surface area contributed by atoms with Gasteiger partial charge in [-0.2, -0.15) is 0 Å². The molecular formula is C17H23NO. The summed E-state index contributed by atoms with van der Waals surface area (Å²) in [5, 5.41) is 0. The first-order valence-corrected chi connectivity index (χ1v) is 6.85. The summed E-state index contributed by atoms with van der Waals surface area (Å²) >= 11 is 0. The Kier molecular flexibility index (Phi) is 3.81. The zero-order chi connectivity index (χ0) is 14.0. The second-order valence-electron chi connectivity index (χ2n) is 5.80. The van der Waals surface area contributed by atoms with Crippen molar-refractivity contribution in [3.63, 3.8) is 0 Å². The first-order valence-electron chi connectivity index (χ1n) is 6.85. The van der Waals surface area contributed by atoms with Gasteiger partial charge in [0.15, 0.2) is 0 Å². The molecule has 0 saturated heterocycles. The maximum atomic E-state index is 6.26. The van der Waals surface area contributed by atoms with E-state index in [1.165, 1.54) is 5.56 Å². The van der Waals surface area contributed by atoms with Crippen molar-refractivity contribution < 1.29 is 4.42 Å². The van der Waals surface area contributed by atoms with Gasteiger partial charge in [-0.15, -0.1) is 0 Å². The highest BCUT2D eigenvalue weighted by Gasteiger charge is 2.19. The zero-order valence-electron chi connectivity index (χ0n) is 12.2. The molecule has 0 aliphatic carbocycles. The van der Waals surface area contributed by atoms with E-state index in [9.17, 15) is 0 Å². The molecule has 0 aliphatic rings. The lowest BCUT2D eigenvalue weighted by molar-refractivity contribution is 0.486. The number of rotatable bonds is 4. The molecule has 102 valence electrons. The highest BCUT2D eigenvalue weighted by atomic mass is 16.3. The van der Waals surface area contributed by atoms with Gasteiger partial charge in [0.1, 0.15) is 5.76 Å². The van der Waals surface area contributed by atoms with Crippen LogP contribution in [0.4, 0.5) is 0 Å². The molecule has 0 spiro atoms. The number of furan rings is 1. The first-order chi connectivity index (χ1) is 8.95. The summed E-state index contributed by atoms with van der Waals surface area (Å²) in [4.78, 5) is 0. The van der Waals surface area contributed by atoms with Crippen molar-refractivity contribution in [3.05, 3.63) is 59.0 Å². The summed E-state index contributed by atoms with van der Waals surface area (Å²) < 4.78 is 5.47. The molecule has 0 amide bonds. The molecule has 1 heterocycles. The molecule has 2 rings (SSSR count). The lowest BCUT2D eigenvalue weighted by atomic mass is 9.82. The molecule has 1 atom stereocenters. The standard InChI is InChI=1S/C17H23NO/c1-5-17(3,4)14-8-6-13(7-9-14)15(18)16-12(2)10-11-19-16/h6-11,15H,5,18H2,1-4H3. The monoisotopic (exact) mass is 257 g/mol. The highest BCUT2D eigenvalue weighted by Crippen LogP contribution is 2.29. The Morgan fingerprint density at radius 2 is 1.79 bits per heavy atom. The van der Waals surface area contributed by atoms with Gasteiger partial charge in [0, 0.05) is 0 Å². The van der Waals surface area contributed by atoms with E-state index in [1.807, 2.05) is 13.0 Å². The Morgan fingerprint density at radius 3 is 2.26 bits per heavy atom. The fourth-order valence-corrected chi connectivity index (χ4v) is 2.20. The van der Waals surface area contributed by atoms with Crippen LogP contribution in [-0.4, -0.2) is 0 Å². The normalized spacial score (nSPS) is 13.5. The number of aryl methyl sites for hydroxylation is 1. The van der Waals surface area contributed by atoms with E-state index in [-0.39, 0.29) is 11.5 Å².